The van der Waals surface area contributed by atoms with Crippen molar-refractivity contribution in [3.8, 4) is 0 Å². The van der Waals surface area contributed by atoms with Crippen LogP contribution in [0.4, 0.5) is 5.82 Å². The van der Waals surface area contributed by atoms with Crippen LogP contribution in [-0.4, -0.2) is 16.9 Å². The van der Waals surface area contributed by atoms with Gasteiger partial charge in [-0.1, -0.05) is 20.3 Å². The average molecular weight is 262 g/mol. The van der Waals surface area contributed by atoms with Crippen LogP contribution in [-0.2, 0) is 0 Å². The first-order chi connectivity index (χ1) is 9.02. The lowest BCUT2D eigenvalue weighted by atomic mass is 9.75. The number of pyridine rings is 1. The Morgan fingerprint density at radius 1 is 1.53 bits per heavy atom. The molecule has 5 nitrogen and oxygen atoms in total. The standard InChI is InChI=1S/C14H22N4O/c1-14(2)7-3-5-10(9-14)17-13(19)11-6-4-8-16-12(11)18-15/h4,6,8,10H,3,5,7,9,15H2,1-2H3,(H,16,18)(H,17,19). The SMILES string of the molecule is CC1(C)CCCC(NC(=O)c2cccnc2NN)C1. The number of nitrogens with one attached hydrogen (secondary N) is 2. The van der Waals surface area contributed by atoms with Gasteiger partial charge in [-0.05, 0) is 36.8 Å². The molecule has 1 aromatic rings. The van der Waals surface area contributed by atoms with Gasteiger partial charge in [0.2, 0.25) is 0 Å². The number of amides is 1. The highest BCUT2D eigenvalue weighted by molar-refractivity contribution is 5.98. The van der Waals surface area contributed by atoms with Crippen molar-refractivity contribution in [3.63, 3.8) is 0 Å². The minimum atomic E-state index is -0.108. The van der Waals surface area contributed by atoms with Gasteiger partial charge in [0.1, 0.15) is 0 Å². The topological polar surface area (TPSA) is 80.0 Å². The first-order valence-corrected chi connectivity index (χ1v) is 6.74. The van der Waals surface area contributed by atoms with Crippen LogP contribution in [0.1, 0.15) is 49.9 Å². The molecule has 2 rings (SSSR count). The summed E-state index contributed by atoms with van der Waals surface area (Å²) in [4.78, 5) is 16.3. The number of hydrogen-bond donors (Lipinski definition) is 3. The van der Waals surface area contributed by atoms with Crippen LogP contribution in [0.25, 0.3) is 0 Å². The van der Waals surface area contributed by atoms with Gasteiger partial charge < -0.3 is 10.7 Å². The molecule has 1 fully saturated rings. The van der Waals surface area contributed by atoms with Crippen molar-refractivity contribution in [1.82, 2.24) is 10.3 Å². The number of carbonyl (C=O) groups is 1. The molecular formula is C14H22N4O. The van der Waals surface area contributed by atoms with E-state index in [1.54, 1.807) is 18.3 Å². The third kappa shape index (κ3) is 3.44. The van der Waals surface area contributed by atoms with Crippen molar-refractivity contribution < 1.29 is 4.79 Å². The molecule has 1 atom stereocenters. The summed E-state index contributed by atoms with van der Waals surface area (Å²) in [6.45, 7) is 4.50. The minimum Gasteiger partial charge on any atom is -0.349 e. The largest absolute Gasteiger partial charge is 0.349 e. The lowest BCUT2D eigenvalue weighted by molar-refractivity contribution is 0.0903. The molecule has 0 aromatic carbocycles. The molecule has 0 spiro atoms. The average Bonchev–Trinajstić information content (AvgIpc) is 2.37. The van der Waals surface area contributed by atoms with E-state index in [2.05, 4.69) is 29.6 Å². The van der Waals surface area contributed by atoms with E-state index in [1.165, 1.54) is 6.42 Å². The highest BCUT2D eigenvalue weighted by atomic mass is 16.1. The Bertz CT molecular complexity index is 459. The molecule has 4 N–H and O–H groups in total. The van der Waals surface area contributed by atoms with Gasteiger partial charge in [-0.3, -0.25) is 4.79 Å². The zero-order valence-electron chi connectivity index (χ0n) is 11.6. The fourth-order valence-electron chi connectivity index (χ4n) is 2.79. The summed E-state index contributed by atoms with van der Waals surface area (Å²) in [5, 5.41) is 3.09. The van der Waals surface area contributed by atoms with E-state index in [9.17, 15) is 4.79 Å². The van der Waals surface area contributed by atoms with Crippen molar-refractivity contribution >= 4 is 11.7 Å². The van der Waals surface area contributed by atoms with Crippen LogP contribution in [0.2, 0.25) is 0 Å². The molecule has 5 heteroatoms. The van der Waals surface area contributed by atoms with Crippen LogP contribution in [0, 0.1) is 5.41 Å². The second kappa shape index (κ2) is 5.57. The summed E-state index contributed by atoms with van der Waals surface area (Å²) < 4.78 is 0. The van der Waals surface area contributed by atoms with Crippen molar-refractivity contribution in [2.75, 3.05) is 5.43 Å². The number of nitrogens with two attached hydrogens (primary N) is 1. The van der Waals surface area contributed by atoms with Crippen LogP contribution in [0.15, 0.2) is 18.3 Å². The molecule has 1 amide bonds. The van der Waals surface area contributed by atoms with Crippen molar-refractivity contribution in [3.05, 3.63) is 23.9 Å². The smallest absolute Gasteiger partial charge is 0.255 e. The van der Waals surface area contributed by atoms with E-state index in [0.29, 0.717) is 16.8 Å². The third-order valence-electron chi connectivity index (χ3n) is 3.73. The Hall–Kier alpha value is -1.62. The Balaban J connectivity index is 2.05. The number of nitrogen functional groups attached to an aromatic ring is 1. The maximum atomic E-state index is 12.3. The molecule has 1 aliphatic carbocycles. The van der Waals surface area contributed by atoms with Crippen LogP contribution < -0.4 is 16.6 Å². The second-order valence-electron chi connectivity index (χ2n) is 5.97. The van der Waals surface area contributed by atoms with Gasteiger partial charge in [-0.25, -0.2) is 10.8 Å². The third-order valence-corrected chi connectivity index (χ3v) is 3.73. The maximum Gasteiger partial charge on any atom is 0.255 e. The van der Waals surface area contributed by atoms with Crippen LogP contribution in [0.5, 0.6) is 0 Å². The molecule has 19 heavy (non-hydrogen) atoms. The lowest BCUT2D eigenvalue weighted by Gasteiger charge is -2.35. The number of aromatic nitrogens is 1. The summed E-state index contributed by atoms with van der Waals surface area (Å²) in [6.07, 6.45) is 6.05. The van der Waals surface area contributed by atoms with E-state index in [4.69, 9.17) is 5.84 Å². The van der Waals surface area contributed by atoms with Crippen LogP contribution >= 0.6 is 0 Å². The summed E-state index contributed by atoms with van der Waals surface area (Å²) in [5.41, 5.74) is 3.26. The van der Waals surface area contributed by atoms with Crippen molar-refractivity contribution in [2.45, 2.75) is 45.6 Å². The highest BCUT2D eigenvalue weighted by Crippen LogP contribution is 2.35. The zero-order chi connectivity index (χ0) is 13.9. The molecule has 0 radical (unpaired) electrons. The van der Waals surface area contributed by atoms with Gasteiger partial charge in [-0.15, -0.1) is 0 Å². The molecule has 1 aliphatic rings. The predicted octanol–water partition coefficient (Wildman–Crippen LogP) is 2.07. The lowest BCUT2D eigenvalue weighted by Crippen LogP contribution is -2.41. The van der Waals surface area contributed by atoms with E-state index in [-0.39, 0.29) is 11.9 Å². The number of hydrazine groups is 1. The molecule has 1 aromatic heterocycles. The Kier molecular flexibility index (Phi) is 4.04. The molecule has 0 saturated heterocycles. The summed E-state index contributed by atoms with van der Waals surface area (Å²) in [5.74, 6) is 5.68. The molecule has 1 heterocycles. The van der Waals surface area contributed by atoms with Crippen molar-refractivity contribution in [2.24, 2.45) is 11.3 Å². The highest BCUT2D eigenvalue weighted by Gasteiger charge is 2.29. The van der Waals surface area contributed by atoms with Gasteiger partial charge in [0.05, 0.1) is 5.56 Å². The molecule has 0 aliphatic heterocycles. The minimum absolute atomic E-state index is 0.108. The molecule has 0 bridgehead atoms. The summed E-state index contributed by atoms with van der Waals surface area (Å²) in [7, 11) is 0. The van der Waals surface area contributed by atoms with E-state index in [0.717, 1.165) is 19.3 Å². The fraction of sp³-hybridized carbons (Fsp3) is 0.571. The predicted molar refractivity (Wildman–Crippen MR) is 75.6 cm³/mol. The Morgan fingerprint density at radius 3 is 3.00 bits per heavy atom. The molecular weight excluding hydrogens is 240 g/mol. The molecule has 1 saturated carbocycles. The quantitative estimate of drug-likeness (QED) is 0.575. The zero-order valence-corrected chi connectivity index (χ0v) is 11.6. The fourth-order valence-corrected chi connectivity index (χ4v) is 2.79. The summed E-state index contributed by atoms with van der Waals surface area (Å²) >= 11 is 0. The van der Waals surface area contributed by atoms with Gasteiger partial charge in [0, 0.05) is 12.2 Å². The number of hydrogen-bond acceptors (Lipinski definition) is 4. The van der Waals surface area contributed by atoms with Gasteiger partial charge in [0.15, 0.2) is 5.82 Å². The molecule has 104 valence electrons. The normalized spacial score (nSPS) is 21.7. The number of carbonyl (C=O) groups excluding carboxylic acids is 1. The maximum absolute atomic E-state index is 12.3. The second-order valence-corrected chi connectivity index (χ2v) is 5.97. The van der Waals surface area contributed by atoms with E-state index in [1.807, 2.05) is 0 Å². The first kappa shape index (κ1) is 13.8. The monoisotopic (exact) mass is 262 g/mol. The van der Waals surface area contributed by atoms with Gasteiger partial charge in [0.25, 0.3) is 5.91 Å². The van der Waals surface area contributed by atoms with Gasteiger partial charge >= 0.3 is 0 Å². The van der Waals surface area contributed by atoms with Crippen LogP contribution in [0.3, 0.4) is 0 Å². The first-order valence-electron chi connectivity index (χ1n) is 6.74. The van der Waals surface area contributed by atoms with Crippen molar-refractivity contribution in [1.29, 1.82) is 0 Å². The Morgan fingerprint density at radius 2 is 2.32 bits per heavy atom. The Labute approximate surface area is 114 Å². The number of anilines is 1. The molecule has 1 unspecified atom stereocenters. The number of rotatable bonds is 3. The number of nitrogens with zero attached hydrogens (tertiary/aromatic N) is 1. The summed E-state index contributed by atoms with van der Waals surface area (Å²) in [6, 6.07) is 3.70. The van der Waals surface area contributed by atoms with E-state index < -0.39 is 0 Å². The van der Waals surface area contributed by atoms with E-state index >= 15 is 0 Å². The van der Waals surface area contributed by atoms with Gasteiger partial charge in [-0.2, -0.15) is 0 Å².